The summed E-state index contributed by atoms with van der Waals surface area (Å²) in [6.45, 7) is 1.46. The number of hydrogen-bond acceptors (Lipinski definition) is 6. The van der Waals surface area contributed by atoms with Gasteiger partial charge < -0.3 is 9.73 Å². The molecule has 3 aromatic rings. The van der Waals surface area contributed by atoms with Gasteiger partial charge in [0.05, 0.1) is 5.75 Å². The van der Waals surface area contributed by atoms with Gasteiger partial charge >= 0.3 is 5.22 Å². The molecule has 28 heavy (non-hydrogen) atoms. The molecule has 2 aromatic carbocycles. The quantitative estimate of drug-likeness (QED) is 0.651. The molecule has 0 saturated heterocycles. The number of nitrogens with zero attached hydrogens (tertiary/aromatic N) is 2. The highest BCUT2D eigenvalue weighted by Gasteiger charge is 2.26. The molecule has 1 amide bonds. The summed E-state index contributed by atoms with van der Waals surface area (Å²) >= 11 is 0. The molecule has 0 radical (unpaired) electrons. The number of sulfone groups is 1. The van der Waals surface area contributed by atoms with Gasteiger partial charge in [-0.1, -0.05) is 48.4 Å². The summed E-state index contributed by atoms with van der Waals surface area (Å²) in [5, 5.41) is 9.62. The topological polar surface area (TPSA) is 102 Å². The molecule has 3 rings (SSSR count). The summed E-state index contributed by atoms with van der Waals surface area (Å²) in [4.78, 5) is 12.5. The van der Waals surface area contributed by atoms with Crippen molar-refractivity contribution in [1.82, 2.24) is 15.5 Å². The molecule has 0 saturated carbocycles. The van der Waals surface area contributed by atoms with E-state index in [2.05, 4.69) is 15.5 Å². The zero-order chi connectivity index (χ0) is 20.1. The Kier molecular flexibility index (Phi) is 5.84. The second-order valence-corrected chi connectivity index (χ2v) is 8.19. The molecule has 1 aromatic heterocycles. The Balaban J connectivity index is 1.90. The number of amides is 1. The van der Waals surface area contributed by atoms with Crippen LogP contribution in [0.1, 0.15) is 34.8 Å². The molecule has 0 aliphatic heterocycles. The van der Waals surface area contributed by atoms with Crippen LogP contribution in [-0.4, -0.2) is 30.3 Å². The number of hydrogen-bond donors (Lipinski definition) is 1. The SMILES string of the molecule is CCS(=O)(=O)c1nnc([C@H](Cc2ccccc2)NC(=O)c2cccc(F)c2)o1. The van der Waals surface area contributed by atoms with E-state index in [0.29, 0.717) is 0 Å². The Bertz CT molecular complexity index is 1070. The first kappa shape index (κ1) is 19.7. The van der Waals surface area contributed by atoms with Crippen LogP contribution in [0.2, 0.25) is 0 Å². The number of carbonyl (C=O) groups excluding carboxylic acids is 1. The van der Waals surface area contributed by atoms with Crippen LogP contribution in [0.25, 0.3) is 0 Å². The Morgan fingerprint density at radius 3 is 2.57 bits per heavy atom. The molecule has 9 heteroatoms. The highest BCUT2D eigenvalue weighted by Crippen LogP contribution is 2.20. The number of carbonyl (C=O) groups is 1. The predicted octanol–water partition coefficient (Wildman–Crippen LogP) is 2.72. The Morgan fingerprint density at radius 1 is 1.14 bits per heavy atom. The van der Waals surface area contributed by atoms with Crippen molar-refractivity contribution in [2.45, 2.75) is 24.6 Å². The molecule has 1 heterocycles. The number of benzene rings is 2. The van der Waals surface area contributed by atoms with Crippen molar-refractivity contribution in [3.05, 3.63) is 77.4 Å². The largest absolute Gasteiger partial charge is 0.410 e. The van der Waals surface area contributed by atoms with E-state index >= 15 is 0 Å². The smallest absolute Gasteiger partial charge is 0.335 e. The number of halogens is 1. The van der Waals surface area contributed by atoms with Crippen molar-refractivity contribution in [2.75, 3.05) is 5.75 Å². The van der Waals surface area contributed by atoms with Crippen LogP contribution in [0.4, 0.5) is 4.39 Å². The molecule has 0 unspecified atom stereocenters. The fourth-order valence-corrected chi connectivity index (χ4v) is 3.16. The van der Waals surface area contributed by atoms with Crippen molar-refractivity contribution < 1.29 is 22.0 Å². The van der Waals surface area contributed by atoms with Gasteiger partial charge in [0.2, 0.25) is 15.7 Å². The lowest BCUT2D eigenvalue weighted by Crippen LogP contribution is -2.30. The van der Waals surface area contributed by atoms with Gasteiger partial charge in [-0.3, -0.25) is 4.79 Å². The Morgan fingerprint density at radius 2 is 1.89 bits per heavy atom. The van der Waals surface area contributed by atoms with Gasteiger partial charge in [-0.25, -0.2) is 12.8 Å². The molecule has 1 N–H and O–H groups in total. The minimum Gasteiger partial charge on any atom is -0.410 e. The van der Waals surface area contributed by atoms with Gasteiger partial charge in [0.15, 0.2) is 0 Å². The summed E-state index contributed by atoms with van der Waals surface area (Å²) in [7, 11) is -3.67. The second-order valence-electron chi connectivity index (χ2n) is 6.04. The third kappa shape index (κ3) is 4.61. The molecular formula is C19H18FN3O4S. The van der Waals surface area contributed by atoms with E-state index in [0.717, 1.165) is 11.6 Å². The van der Waals surface area contributed by atoms with Crippen LogP contribution in [0.3, 0.4) is 0 Å². The van der Waals surface area contributed by atoms with E-state index in [1.165, 1.54) is 25.1 Å². The zero-order valence-electron chi connectivity index (χ0n) is 15.0. The van der Waals surface area contributed by atoms with Crippen molar-refractivity contribution in [3.63, 3.8) is 0 Å². The summed E-state index contributed by atoms with van der Waals surface area (Å²) < 4.78 is 42.7. The Labute approximate surface area is 161 Å². The maximum absolute atomic E-state index is 13.4. The maximum atomic E-state index is 13.4. The minimum absolute atomic E-state index is 0.0411. The lowest BCUT2D eigenvalue weighted by Gasteiger charge is -2.15. The molecular weight excluding hydrogens is 385 g/mol. The average Bonchev–Trinajstić information content (AvgIpc) is 3.19. The molecule has 0 fully saturated rings. The first-order valence-corrected chi connectivity index (χ1v) is 10.2. The maximum Gasteiger partial charge on any atom is 0.335 e. The first-order valence-electron chi connectivity index (χ1n) is 8.55. The molecule has 7 nitrogen and oxygen atoms in total. The fraction of sp³-hybridized carbons (Fsp3) is 0.211. The minimum atomic E-state index is -3.67. The van der Waals surface area contributed by atoms with E-state index in [9.17, 15) is 17.6 Å². The molecule has 0 bridgehead atoms. The average molecular weight is 403 g/mol. The highest BCUT2D eigenvalue weighted by molar-refractivity contribution is 7.91. The highest BCUT2D eigenvalue weighted by atomic mass is 32.2. The van der Waals surface area contributed by atoms with E-state index < -0.39 is 32.8 Å². The Hall–Kier alpha value is -3.07. The van der Waals surface area contributed by atoms with E-state index in [1.807, 2.05) is 30.3 Å². The first-order chi connectivity index (χ1) is 13.4. The van der Waals surface area contributed by atoms with Crippen LogP contribution in [0.5, 0.6) is 0 Å². The van der Waals surface area contributed by atoms with Gasteiger partial charge in [-0.05, 0) is 23.8 Å². The molecule has 0 aliphatic carbocycles. The van der Waals surface area contributed by atoms with Crippen LogP contribution >= 0.6 is 0 Å². The van der Waals surface area contributed by atoms with Gasteiger partial charge in [-0.2, -0.15) is 0 Å². The van der Waals surface area contributed by atoms with E-state index in [4.69, 9.17) is 4.42 Å². The van der Waals surface area contributed by atoms with Gasteiger partial charge in [-0.15, -0.1) is 5.10 Å². The van der Waals surface area contributed by atoms with Crippen molar-refractivity contribution in [1.29, 1.82) is 0 Å². The summed E-state index contributed by atoms with van der Waals surface area (Å²) in [6.07, 6.45) is 0.287. The normalized spacial score (nSPS) is 12.5. The summed E-state index contributed by atoms with van der Waals surface area (Å²) in [5.41, 5.74) is 0.990. The number of nitrogens with one attached hydrogen (secondary N) is 1. The molecule has 0 spiro atoms. The van der Waals surface area contributed by atoms with E-state index in [1.54, 1.807) is 0 Å². The summed E-state index contributed by atoms with van der Waals surface area (Å²) in [6, 6.07) is 13.7. The third-order valence-corrected chi connectivity index (χ3v) is 5.50. The fourth-order valence-electron chi connectivity index (χ4n) is 2.53. The van der Waals surface area contributed by atoms with Crippen molar-refractivity contribution in [2.24, 2.45) is 0 Å². The lowest BCUT2D eigenvalue weighted by molar-refractivity contribution is 0.0928. The lowest BCUT2D eigenvalue weighted by atomic mass is 10.1. The number of rotatable bonds is 7. The zero-order valence-corrected chi connectivity index (χ0v) is 15.8. The predicted molar refractivity (Wildman–Crippen MR) is 98.8 cm³/mol. The van der Waals surface area contributed by atoms with Crippen LogP contribution in [-0.2, 0) is 16.3 Å². The number of aromatic nitrogens is 2. The monoisotopic (exact) mass is 403 g/mol. The summed E-state index contributed by atoms with van der Waals surface area (Å²) in [5.74, 6) is -1.31. The molecule has 146 valence electrons. The van der Waals surface area contributed by atoms with Gasteiger partial charge in [0.1, 0.15) is 11.9 Å². The van der Waals surface area contributed by atoms with Crippen molar-refractivity contribution in [3.8, 4) is 0 Å². The third-order valence-electron chi connectivity index (χ3n) is 4.04. The van der Waals surface area contributed by atoms with Crippen LogP contribution in [0, 0.1) is 5.82 Å². The van der Waals surface area contributed by atoms with Crippen LogP contribution in [0.15, 0.2) is 64.2 Å². The van der Waals surface area contributed by atoms with E-state index in [-0.39, 0.29) is 23.6 Å². The van der Waals surface area contributed by atoms with Gasteiger partial charge in [0, 0.05) is 12.0 Å². The van der Waals surface area contributed by atoms with Gasteiger partial charge in [0.25, 0.3) is 5.91 Å². The second kappa shape index (κ2) is 8.30. The van der Waals surface area contributed by atoms with Crippen LogP contribution < -0.4 is 5.32 Å². The standard InChI is InChI=1S/C19H18FN3O4S/c1-2-28(25,26)19-23-22-18(27-19)16(11-13-7-4-3-5-8-13)21-17(24)14-9-6-10-15(20)12-14/h3-10,12,16H,2,11H2,1H3,(H,21,24)/t16-/m0/s1. The van der Waals surface area contributed by atoms with Crippen molar-refractivity contribution >= 4 is 15.7 Å². The molecule has 0 aliphatic rings. The molecule has 1 atom stereocenters.